The van der Waals surface area contributed by atoms with Crippen molar-refractivity contribution in [2.75, 3.05) is 5.32 Å². The summed E-state index contributed by atoms with van der Waals surface area (Å²) in [6.07, 6.45) is 2.97. The average molecular weight is 370 g/mol. The molecule has 0 atom stereocenters. The van der Waals surface area contributed by atoms with Gasteiger partial charge in [-0.2, -0.15) is 10.5 Å². The smallest absolute Gasteiger partial charge is 0.228 e. The number of rotatable bonds is 2. The molecule has 2 heterocycles. The van der Waals surface area contributed by atoms with Gasteiger partial charge < -0.3 is 5.32 Å². The van der Waals surface area contributed by atoms with Crippen molar-refractivity contribution in [2.45, 2.75) is 0 Å². The Kier molecular flexibility index (Phi) is 6.61. The van der Waals surface area contributed by atoms with Crippen molar-refractivity contribution in [2.24, 2.45) is 0 Å². The second kappa shape index (κ2) is 9.14. The molecule has 0 aliphatic heterocycles. The van der Waals surface area contributed by atoms with Crippen molar-refractivity contribution in [1.82, 2.24) is 19.9 Å². The van der Waals surface area contributed by atoms with Gasteiger partial charge in [0.2, 0.25) is 11.2 Å². The summed E-state index contributed by atoms with van der Waals surface area (Å²) in [5.74, 6) is 0.390. The molecule has 0 unspecified atom stereocenters. The SMILES string of the molecule is N#Cc1ccnc(Cl)n1.N#Cc1ccnc(Nc2ccc(Cl)cc2)n1. The van der Waals surface area contributed by atoms with Gasteiger partial charge in [-0.15, -0.1) is 0 Å². The Bertz CT molecular complexity index is 930. The Balaban J connectivity index is 0.000000212. The fourth-order valence-corrected chi connectivity index (χ4v) is 1.81. The van der Waals surface area contributed by atoms with E-state index in [0.717, 1.165) is 5.69 Å². The van der Waals surface area contributed by atoms with Gasteiger partial charge in [-0.25, -0.2) is 19.9 Å². The highest BCUT2D eigenvalue weighted by atomic mass is 35.5. The quantitative estimate of drug-likeness (QED) is 0.684. The lowest BCUT2D eigenvalue weighted by Crippen LogP contribution is -1.97. The zero-order valence-electron chi connectivity index (χ0n) is 12.6. The van der Waals surface area contributed by atoms with E-state index in [1.165, 1.54) is 18.5 Å². The van der Waals surface area contributed by atoms with E-state index in [9.17, 15) is 0 Å². The summed E-state index contributed by atoms with van der Waals surface area (Å²) < 4.78 is 0. The molecule has 0 spiro atoms. The molecule has 0 saturated carbocycles. The molecular formula is C16H9Cl2N7. The molecule has 0 radical (unpaired) electrons. The Morgan fingerprint density at radius 2 is 1.40 bits per heavy atom. The number of aromatic nitrogens is 4. The lowest BCUT2D eigenvalue weighted by Gasteiger charge is -2.03. The van der Waals surface area contributed by atoms with Crippen molar-refractivity contribution >= 4 is 34.8 Å². The van der Waals surface area contributed by atoms with Gasteiger partial charge in [0.05, 0.1) is 0 Å². The van der Waals surface area contributed by atoms with Crippen LogP contribution in [0.4, 0.5) is 11.6 Å². The highest BCUT2D eigenvalue weighted by Crippen LogP contribution is 2.16. The molecule has 7 nitrogen and oxygen atoms in total. The zero-order valence-corrected chi connectivity index (χ0v) is 14.1. The van der Waals surface area contributed by atoms with Crippen LogP contribution in [0.15, 0.2) is 48.8 Å². The first-order valence-electron chi connectivity index (χ1n) is 6.75. The van der Waals surface area contributed by atoms with Crippen LogP contribution in [0.25, 0.3) is 0 Å². The minimum atomic E-state index is 0.106. The fourth-order valence-electron chi connectivity index (χ4n) is 1.54. The van der Waals surface area contributed by atoms with Crippen LogP contribution in [0.5, 0.6) is 0 Å². The van der Waals surface area contributed by atoms with Crippen LogP contribution in [0.3, 0.4) is 0 Å². The van der Waals surface area contributed by atoms with Crippen LogP contribution < -0.4 is 5.32 Å². The Labute approximate surface area is 153 Å². The summed E-state index contributed by atoms with van der Waals surface area (Å²) in [6.45, 7) is 0. The van der Waals surface area contributed by atoms with Crippen LogP contribution in [0, 0.1) is 22.7 Å². The Morgan fingerprint density at radius 3 is 1.96 bits per heavy atom. The molecule has 0 saturated heterocycles. The van der Waals surface area contributed by atoms with Gasteiger partial charge in [0.15, 0.2) is 0 Å². The molecule has 3 rings (SSSR count). The second-order valence-electron chi connectivity index (χ2n) is 4.33. The Morgan fingerprint density at radius 1 is 0.800 bits per heavy atom. The van der Waals surface area contributed by atoms with Crippen molar-refractivity contribution in [3.8, 4) is 12.1 Å². The highest BCUT2D eigenvalue weighted by molar-refractivity contribution is 6.30. The molecule has 1 N–H and O–H groups in total. The summed E-state index contributed by atoms with van der Waals surface area (Å²) in [7, 11) is 0. The summed E-state index contributed by atoms with van der Waals surface area (Å²) in [6, 6.07) is 14.0. The molecule has 9 heteroatoms. The molecule has 0 aliphatic carbocycles. The molecular weight excluding hydrogens is 361 g/mol. The molecule has 1 aromatic carbocycles. The number of anilines is 2. The fraction of sp³-hybridized carbons (Fsp3) is 0. The number of nitrogens with one attached hydrogen (secondary N) is 1. The molecule has 0 amide bonds. The van der Waals surface area contributed by atoms with Crippen LogP contribution in [-0.4, -0.2) is 19.9 Å². The maximum atomic E-state index is 8.68. The second-order valence-corrected chi connectivity index (χ2v) is 5.11. The van der Waals surface area contributed by atoms with Gasteiger partial charge in [-0.3, -0.25) is 0 Å². The minimum absolute atomic E-state index is 0.106. The van der Waals surface area contributed by atoms with E-state index in [2.05, 4.69) is 25.3 Å². The molecule has 0 bridgehead atoms. The maximum Gasteiger partial charge on any atom is 0.228 e. The lowest BCUT2D eigenvalue weighted by atomic mass is 10.3. The van der Waals surface area contributed by atoms with E-state index in [-0.39, 0.29) is 11.0 Å². The normalized spacial score (nSPS) is 9.12. The lowest BCUT2D eigenvalue weighted by molar-refractivity contribution is 1.14. The van der Waals surface area contributed by atoms with Crippen molar-refractivity contribution < 1.29 is 0 Å². The Hall–Kier alpha value is -3.26. The van der Waals surface area contributed by atoms with Crippen LogP contribution in [-0.2, 0) is 0 Å². The maximum absolute atomic E-state index is 8.68. The van der Waals surface area contributed by atoms with E-state index in [1.807, 2.05) is 24.3 Å². The first-order valence-corrected chi connectivity index (χ1v) is 7.50. The topological polar surface area (TPSA) is 111 Å². The van der Waals surface area contributed by atoms with Gasteiger partial charge in [0.25, 0.3) is 0 Å². The first kappa shape index (κ1) is 18.1. The number of nitriles is 2. The average Bonchev–Trinajstić information content (AvgIpc) is 2.64. The van der Waals surface area contributed by atoms with E-state index < -0.39 is 0 Å². The first-order chi connectivity index (χ1) is 12.1. The third-order valence-corrected chi connectivity index (χ3v) is 3.05. The van der Waals surface area contributed by atoms with Crippen molar-refractivity contribution in [1.29, 1.82) is 10.5 Å². The standard InChI is InChI=1S/C11H7ClN4.C5H2ClN3/c12-8-1-3-9(4-2-8)15-11-14-6-5-10(7-13)16-11;6-5-8-2-1-4(3-7)9-5/h1-6H,(H,14,15,16);1-2H. The van der Waals surface area contributed by atoms with Gasteiger partial charge in [-0.05, 0) is 48.0 Å². The predicted molar refractivity (Wildman–Crippen MR) is 93.2 cm³/mol. The van der Waals surface area contributed by atoms with E-state index in [0.29, 0.717) is 16.7 Å². The third kappa shape index (κ3) is 6.04. The number of hydrogen-bond donors (Lipinski definition) is 1. The molecule has 0 fully saturated rings. The molecule has 122 valence electrons. The van der Waals surface area contributed by atoms with Crippen molar-refractivity contribution in [3.05, 3.63) is 70.5 Å². The summed E-state index contributed by atoms with van der Waals surface area (Å²) in [4.78, 5) is 15.2. The third-order valence-electron chi connectivity index (χ3n) is 2.61. The number of halogens is 2. The number of benzene rings is 1. The zero-order chi connectivity index (χ0) is 18.1. The predicted octanol–water partition coefficient (Wildman–Crippen LogP) is 3.75. The van der Waals surface area contributed by atoms with Crippen LogP contribution in [0.1, 0.15) is 11.4 Å². The van der Waals surface area contributed by atoms with Gasteiger partial charge >= 0.3 is 0 Å². The monoisotopic (exact) mass is 369 g/mol. The van der Waals surface area contributed by atoms with E-state index in [1.54, 1.807) is 18.2 Å². The van der Waals surface area contributed by atoms with E-state index in [4.69, 9.17) is 33.7 Å². The summed E-state index contributed by atoms with van der Waals surface area (Å²) in [5.41, 5.74) is 1.43. The number of hydrogen-bond acceptors (Lipinski definition) is 7. The number of nitrogens with zero attached hydrogens (tertiary/aromatic N) is 6. The van der Waals surface area contributed by atoms with Gasteiger partial charge in [0, 0.05) is 23.1 Å². The van der Waals surface area contributed by atoms with Crippen molar-refractivity contribution in [3.63, 3.8) is 0 Å². The van der Waals surface area contributed by atoms with Gasteiger partial charge in [-0.1, -0.05) is 11.6 Å². The van der Waals surface area contributed by atoms with Crippen LogP contribution in [0.2, 0.25) is 10.3 Å². The summed E-state index contributed by atoms with van der Waals surface area (Å²) >= 11 is 11.1. The highest BCUT2D eigenvalue weighted by Gasteiger charge is 1.99. The van der Waals surface area contributed by atoms with E-state index >= 15 is 0 Å². The molecule has 3 aromatic rings. The minimum Gasteiger partial charge on any atom is -0.324 e. The molecule has 25 heavy (non-hydrogen) atoms. The van der Waals surface area contributed by atoms with Crippen LogP contribution >= 0.6 is 23.2 Å². The largest absolute Gasteiger partial charge is 0.324 e. The summed E-state index contributed by atoms with van der Waals surface area (Å²) in [5, 5.41) is 20.7. The van der Waals surface area contributed by atoms with Gasteiger partial charge in [0.1, 0.15) is 23.5 Å². The molecule has 0 aliphatic rings. The molecule has 2 aromatic heterocycles.